The van der Waals surface area contributed by atoms with Crippen molar-refractivity contribution in [2.45, 2.75) is 19.8 Å². The Kier molecular flexibility index (Phi) is 7.58. The minimum Gasteiger partial charge on any atom is -0.497 e. The van der Waals surface area contributed by atoms with Gasteiger partial charge in [0.1, 0.15) is 5.75 Å². The molecule has 136 valence electrons. The first-order chi connectivity index (χ1) is 12.5. The van der Waals surface area contributed by atoms with Crippen LogP contribution in [0.4, 0.5) is 5.69 Å². The topological polar surface area (TPSA) is 79.8 Å². The fraction of sp³-hybridized carbons (Fsp3) is 0.211. The molecule has 2 rings (SSSR count). The average molecular weight is 465 g/mol. The molecule has 0 aliphatic heterocycles. The Balaban J connectivity index is 1.77. The van der Waals surface area contributed by atoms with Crippen LogP contribution < -0.4 is 15.5 Å². The van der Waals surface area contributed by atoms with E-state index in [0.717, 1.165) is 20.4 Å². The largest absolute Gasteiger partial charge is 0.497 e. The predicted octanol–water partition coefficient (Wildman–Crippen LogP) is 3.48. The molecule has 26 heavy (non-hydrogen) atoms. The van der Waals surface area contributed by atoms with Crippen LogP contribution in [0.5, 0.6) is 5.75 Å². The van der Waals surface area contributed by atoms with Gasteiger partial charge in [-0.25, -0.2) is 5.43 Å². The van der Waals surface area contributed by atoms with E-state index >= 15 is 0 Å². The van der Waals surface area contributed by atoms with Crippen molar-refractivity contribution in [3.8, 4) is 5.75 Å². The first-order valence-electron chi connectivity index (χ1n) is 8.00. The SMILES string of the molecule is COc1cccc(/C=N\NC(=O)CCC(=O)Nc2ccc(I)cc2C)c1. The number of amides is 2. The molecule has 2 aromatic carbocycles. The Morgan fingerprint density at radius 3 is 2.65 bits per heavy atom. The summed E-state index contributed by atoms with van der Waals surface area (Å²) in [4.78, 5) is 23.8. The maximum atomic E-state index is 12.0. The van der Waals surface area contributed by atoms with Crippen LogP contribution >= 0.6 is 22.6 Å². The summed E-state index contributed by atoms with van der Waals surface area (Å²) in [6, 6.07) is 13.1. The maximum absolute atomic E-state index is 12.0. The monoisotopic (exact) mass is 465 g/mol. The lowest BCUT2D eigenvalue weighted by Gasteiger charge is -2.08. The Morgan fingerprint density at radius 2 is 1.92 bits per heavy atom. The third-order valence-electron chi connectivity index (χ3n) is 3.54. The molecule has 0 aliphatic rings. The smallest absolute Gasteiger partial charge is 0.240 e. The molecule has 0 atom stereocenters. The number of methoxy groups -OCH3 is 1. The summed E-state index contributed by atoms with van der Waals surface area (Å²) < 4.78 is 6.22. The van der Waals surface area contributed by atoms with Crippen molar-refractivity contribution in [3.05, 3.63) is 57.2 Å². The van der Waals surface area contributed by atoms with E-state index in [1.54, 1.807) is 13.2 Å². The van der Waals surface area contributed by atoms with Gasteiger partial charge in [-0.15, -0.1) is 0 Å². The van der Waals surface area contributed by atoms with Gasteiger partial charge in [0.25, 0.3) is 0 Å². The number of aryl methyl sites for hydroxylation is 1. The summed E-state index contributed by atoms with van der Waals surface area (Å²) >= 11 is 2.22. The van der Waals surface area contributed by atoms with Gasteiger partial charge in [0.2, 0.25) is 11.8 Å². The number of nitrogens with one attached hydrogen (secondary N) is 2. The average Bonchev–Trinajstić information content (AvgIpc) is 2.62. The second kappa shape index (κ2) is 9.91. The minimum atomic E-state index is -0.321. The van der Waals surface area contributed by atoms with Gasteiger partial charge in [-0.1, -0.05) is 12.1 Å². The maximum Gasteiger partial charge on any atom is 0.240 e. The fourth-order valence-electron chi connectivity index (χ4n) is 2.16. The molecule has 2 aromatic rings. The van der Waals surface area contributed by atoms with Gasteiger partial charge in [0.05, 0.1) is 13.3 Å². The van der Waals surface area contributed by atoms with Crippen LogP contribution in [0.2, 0.25) is 0 Å². The number of hydrogen-bond acceptors (Lipinski definition) is 4. The molecular weight excluding hydrogens is 445 g/mol. The molecule has 0 bridgehead atoms. The molecule has 6 nitrogen and oxygen atoms in total. The third-order valence-corrected chi connectivity index (χ3v) is 4.21. The molecule has 0 saturated carbocycles. The van der Waals surface area contributed by atoms with E-state index in [9.17, 15) is 9.59 Å². The van der Waals surface area contributed by atoms with Crippen LogP contribution in [0.3, 0.4) is 0 Å². The molecule has 0 saturated heterocycles. The van der Waals surface area contributed by atoms with Crippen molar-refractivity contribution in [1.82, 2.24) is 5.43 Å². The van der Waals surface area contributed by atoms with E-state index in [4.69, 9.17) is 4.74 Å². The molecule has 0 aromatic heterocycles. The van der Waals surface area contributed by atoms with Crippen LogP contribution in [0.1, 0.15) is 24.0 Å². The second-order valence-corrected chi connectivity index (χ2v) is 6.82. The Bertz CT molecular complexity index is 821. The molecule has 0 spiro atoms. The summed E-state index contributed by atoms with van der Waals surface area (Å²) in [6.07, 6.45) is 1.67. The third kappa shape index (κ3) is 6.47. The molecule has 0 radical (unpaired) electrons. The molecule has 0 heterocycles. The van der Waals surface area contributed by atoms with Gasteiger partial charge in [-0.3, -0.25) is 9.59 Å². The van der Waals surface area contributed by atoms with Crippen LogP contribution in [0, 0.1) is 10.5 Å². The molecule has 0 aliphatic carbocycles. The Labute approximate surface area is 166 Å². The zero-order chi connectivity index (χ0) is 18.9. The van der Waals surface area contributed by atoms with Gasteiger partial charge in [0.15, 0.2) is 0 Å². The lowest BCUT2D eigenvalue weighted by atomic mass is 10.2. The number of carbonyl (C=O) groups excluding carboxylic acids is 2. The summed E-state index contributed by atoms with van der Waals surface area (Å²) in [7, 11) is 1.58. The van der Waals surface area contributed by atoms with Gasteiger partial charge in [0, 0.05) is 22.1 Å². The van der Waals surface area contributed by atoms with E-state index in [1.807, 2.05) is 43.3 Å². The quantitative estimate of drug-likeness (QED) is 0.374. The van der Waals surface area contributed by atoms with Crippen LogP contribution in [0.25, 0.3) is 0 Å². The van der Waals surface area contributed by atoms with Crippen LogP contribution in [-0.4, -0.2) is 25.1 Å². The van der Waals surface area contributed by atoms with Crippen molar-refractivity contribution in [2.75, 3.05) is 12.4 Å². The summed E-state index contributed by atoms with van der Waals surface area (Å²) in [5, 5.41) is 6.70. The highest BCUT2D eigenvalue weighted by Crippen LogP contribution is 2.18. The standard InChI is InChI=1S/C19H20IN3O3/c1-13-10-15(20)6-7-17(13)22-18(24)8-9-19(25)23-21-12-14-4-3-5-16(11-14)26-2/h3-7,10-12H,8-9H2,1-2H3,(H,22,24)(H,23,25)/b21-12-. The highest BCUT2D eigenvalue weighted by molar-refractivity contribution is 14.1. The van der Waals surface area contributed by atoms with Crippen LogP contribution in [-0.2, 0) is 9.59 Å². The van der Waals surface area contributed by atoms with E-state index in [1.165, 1.54) is 6.21 Å². The van der Waals surface area contributed by atoms with Crippen molar-refractivity contribution in [1.29, 1.82) is 0 Å². The van der Waals surface area contributed by atoms with Crippen LogP contribution in [0.15, 0.2) is 47.6 Å². The van der Waals surface area contributed by atoms with E-state index < -0.39 is 0 Å². The number of anilines is 1. The molecule has 2 N–H and O–H groups in total. The second-order valence-electron chi connectivity index (χ2n) is 5.58. The number of ether oxygens (including phenoxy) is 1. The normalized spacial score (nSPS) is 10.6. The van der Waals surface area contributed by atoms with Crippen molar-refractivity contribution in [3.63, 3.8) is 0 Å². The zero-order valence-electron chi connectivity index (χ0n) is 14.6. The highest BCUT2D eigenvalue weighted by atomic mass is 127. The van der Waals surface area contributed by atoms with Crippen molar-refractivity contribution >= 4 is 46.3 Å². The molecule has 0 fully saturated rings. The van der Waals surface area contributed by atoms with Gasteiger partial charge < -0.3 is 10.1 Å². The summed E-state index contributed by atoms with van der Waals surface area (Å²) in [5.74, 6) is 0.183. The van der Waals surface area contributed by atoms with E-state index in [2.05, 4.69) is 38.4 Å². The lowest BCUT2D eigenvalue weighted by molar-refractivity contribution is -0.124. The number of hydrazone groups is 1. The molecule has 0 unspecified atom stereocenters. The van der Waals surface area contributed by atoms with Crippen molar-refractivity contribution in [2.24, 2.45) is 5.10 Å². The summed E-state index contributed by atoms with van der Waals surface area (Å²) in [5.41, 5.74) is 4.96. The minimum absolute atomic E-state index is 0.0602. The lowest BCUT2D eigenvalue weighted by Crippen LogP contribution is -2.20. The van der Waals surface area contributed by atoms with E-state index in [-0.39, 0.29) is 24.7 Å². The summed E-state index contributed by atoms with van der Waals surface area (Å²) in [6.45, 7) is 1.93. The number of hydrogen-bond donors (Lipinski definition) is 2. The van der Waals surface area contributed by atoms with Gasteiger partial charge in [-0.2, -0.15) is 5.10 Å². The Morgan fingerprint density at radius 1 is 1.15 bits per heavy atom. The first-order valence-corrected chi connectivity index (χ1v) is 9.08. The molecular formula is C19H20IN3O3. The number of carbonyl (C=O) groups is 2. The molecule has 7 heteroatoms. The first kappa shape index (κ1) is 19.9. The Hall–Kier alpha value is -2.42. The highest BCUT2D eigenvalue weighted by Gasteiger charge is 2.08. The number of halogens is 1. The van der Waals surface area contributed by atoms with E-state index in [0.29, 0.717) is 5.75 Å². The molecule has 2 amide bonds. The fourth-order valence-corrected chi connectivity index (χ4v) is 2.81. The van der Waals surface area contributed by atoms with Gasteiger partial charge >= 0.3 is 0 Å². The van der Waals surface area contributed by atoms with Crippen molar-refractivity contribution < 1.29 is 14.3 Å². The number of rotatable bonds is 7. The number of benzene rings is 2. The zero-order valence-corrected chi connectivity index (χ0v) is 16.7. The van der Waals surface area contributed by atoms with Gasteiger partial charge in [-0.05, 0) is 71.0 Å². The predicted molar refractivity (Wildman–Crippen MR) is 110 cm³/mol. The number of nitrogens with zero attached hydrogens (tertiary/aromatic N) is 1.